The highest BCUT2D eigenvalue weighted by Gasteiger charge is 2.36. The van der Waals surface area contributed by atoms with Crippen molar-refractivity contribution in [2.24, 2.45) is 0 Å². The topological polar surface area (TPSA) is 82.1 Å². The van der Waals surface area contributed by atoms with Crippen molar-refractivity contribution in [1.29, 1.82) is 0 Å². The molecule has 1 aliphatic rings. The van der Waals surface area contributed by atoms with Crippen LogP contribution in [0.5, 0.6) is 5.75 Å². The fraction of sp³-hybridized carbons (Fsp3) is 0.111. The molecule has 1 aromatic heterocycles. The number of methoxy groups -OCH3 is 2. The van der Waals surface area contributed by atoms with E-state index in [0.29, 0.717) is 16.9 Å². The lowest BCUT2D eigenvalue weighted by atomic mass is 10.0. The molecule has 0 radical (unpaired) electrons. The number of ether oxygens (including phenoxy) is 3. The Kier molecular flexibility index (Phi) is 4.58. The maximum atomic E-state index is 12.3. The first-order chi connectivity index (χ1) is 12.1. The van der Waals surface area contributed by atoms with E-state index in [4.69, 9.17) is 14.2 Å². The Balaban J connectivity index is 2.15. The van der Waals surface area contributed by atoms with Gasteiger partial charge in [0.25, 0.3) is 0 Å². The monoisotopic (exact) mass is 358 g/mol. The molecule has 2 heterocycles. The van der Waals surface area contributed by atoms with Gasteiger partial charge in [-0.3, -0.25) is 0 Å². The molecular formula is C18H14O6S. The largest absolute Gasteiger partial charge is 0.504 e. The van der Waals surface area contributed by atoms with Gasteiger partial charge in [-0.2, -0.15) is 11.3 Å². The molecule has 0 saturated carbocycles. The number of carbonyl (C=O) groups is 2. The predicted octanol–water partition coefficient (Wildman–Crippen LogP) is 3.17. The number of carbonyl (C=O) groups excluding carboxylic acids is 2. The lowest BCUT2D eigenvalue weighted by Gasteiger charge is -2.07. The Bertz CT molecular complexity index is 875. The lowest BCUT2D eigenvalue weighted by Crippen LogP contribution is -2.08. The summed E-state index contributed by atoms with van der Waals surface area (Å²) in [5, 5.41) is 14.0. The van der Waals surface area contributed by atoms with Gasteiger partial charge in [0.15, 0.2) is 11.5 Å². The summed E-state index contributed by atoms with van der Waals surface area (Å²) in [6.07, 6.45) is 0. The van der Waals surface area contributed by atoms with Gasteiger partial charge in [0.05, 0.1) is 14.2 Å². The summed E-state index contributed by atoms with van der Waals surface area (Å²) in [5.41, 5.74) is 0.933. The van der Waals surface area contributed by atoms with Gasteiger partial charge in [0.1, 0.15) is 16.9 Å². The molecule has 0 unspecified atom stereocenters. The fourth-order valence-corrected chi connectivity index (χ4v) is 3.08. The molecule has 0 saturated heterocycles. The number of aliphatic hydroxyl groups excluding tert-OH is 1. The highest BCUT2D eigenvalue weighted by molar-refractivity contribution is 7.08. The lowest BCUT2D eigenvalue weighted by molar-refractivity contribution is -0.134. The summed E-state index contributed by atoms with van der Waals surface area (Å²) in [6.45, 7) is 0. The third-order valence-electron chi connectivity index (χ3n) is 3.66. The average Bonchev–Trinajstić information content (AvgIpc) is 3.24. The second-order valence-electron chi connectivity index (χ2n) is 5.05. The number of esters is 2. The zero-order valence-electron chi connectivity index (χ0n) is 13.4. The van der Waals surface area contributed by atoms with Crippen LogP contribution in [0.15, 0.2) is 52.6 Å². The molecule has 0 bridgehead atoms. The molecule has 0 spiro atoms. The molecule has 0 atom stereocenters. The van der Waals surface area contributed by atoms with Gasteiger partial charge >= 0.3 is 11.9 Å². The number of aliphatic hydroxyl groups is 1. The molecule has 1 aliphatic heterocycles. The van der Waals surface area contributed by atoms with E-state index in [2.05, 4.69) is 0 Å². The highest BCUT2D eigenvalue weighted by atomic mass is 32.1. The van der Waals surface area contributed by atoms with Gasteiger partial charge in [-0.05, 0) is 34.5 Å². The van der Waals surface area contributed by atoms with Crippen molar-refractivity contribution in [2.75, 3.05) is 14.2 Å². The molecule has 7 heteroatoms. The molecule has 25 heavy (non-hydrogen) atoms. The van der Waals surface area contributed by atoms with Crippen LogP contribution in [0, 0.1) is 0 Å². The Labute approximate surface area is 147 Å². The van der Waals surface area contributed by atoms with Crippen LogP contribution in [-0.2, 0) is 19.1 Å². The summed E-state index contributed by atoms with van der Waals surface area (Å²) in [4.78, 5) is 24.4. The van der Waals surface area contributed by atoms with Crippen LogP contribution >= 0.6 is 11.3 Å². The molecule has 2 aromatic rings. The smallest absolute Gasteiger partial charge is 0.348 e. The normalized spacial score (nSPS) is 15.8. The van der Waals surface area contributed by atoms with Gasteiger partial charge in [-0.15, -0.1) is 0 Å². The van der Waals surface area contributed by atoms with Crippen LogP contribution < -0.4 is 4.74 Å². The molecule has 128 valence electrons. The Morgan fingerprint density at radius 1 is 1.16 bits per heavy atom. The number of hydrogen-bond acceptors (Lipinski definition) is 7. The summed E-state index contributed by atoms with van der Waals surface area (Å²) < 4.78 is 15.0. The second kappa shape index (κ2) is 6.82. The summed E-state index contributed by atoms with van der Waals surface area (Å²) in [6, 6.07) is 8.24. The van der Waals surface area contributed by atoms with Crippen LogP contribution in [0.1, 0.15) is 11.1 Å². The number of hydrogen-bond donors (Lipinski definition) is 1. The minimum absolute atomic E-state index is 0.00175. The van der Waals surface area contributed by atoms with Crippen molar-refractivity contribution in [3.05, 3.63) is 63.7 Å². The Morgan fingerprint density at radius 2 is 1.88 bits per heavy atom. The van der Waals surface area contributed by atoms with Crippen LogP contribution in [-0.4, -0.2) is 31.3 Å². The van der Waals surface area contributed by atoms with Crippen LogP contribution in [0.2, 0.25) is 0 Å². The number of benzene rings is 1. The fourth-order valence-electron chi connectivity index (χ4n) is 2.43. The van der Waals surface area contributed by atoms with Gasteiger partial charge in [0.2, 0.25) is 0 Å². The molecule has 0 fully saturated rings. The Hall–Kier alpha value is -3.06. The van der Waals surface area contributed by atoms with E-state index in [9.17, 15) is 14.7 Å². The first-order valence-corrected chi connectivity index (χ1v) is 8.16. The van der Waals surface area contributed by atoms with Crippen molar-refractivity contribution < 1.29 is 28.9 Å². The van der Waals surface area contributed by atoms with E-state index >= 15 is 0 Å². The third-order valence-corrected chi connectivity index (χ3v) is 4.34. The van der Waals surface area contributed by atoms with E-state index in [1.165, 1.54) is 25.6 Å². The highest BCUT2D eigenvalue weighted by Crippen LogP contribution is 2.37. The molecule has 3 rings (SSSR count). The van der Waals surface area contributed by atoms with Gasteiger partial charge in [0, 0.05) is 5.56 Å². The number of cyclic esters (lactones) is 1. The molecule has 1 N–H and O–H groups in total. The van der Waals surface area contributed by atoms with Crippen molar-refractivity contribution in [3.63, 3.8) is 0 Å². The van der Waals surface area contributed by atoms with Crippen molar-refractivity contribution in [1.82, 2.24) is 0 Å². The van der Waals surface area contributed by atoms with Gasteiger partial charge < -0.3 is 19.3 Å². The number of rotatable bonds is 4. The molecule has 6 nitrogen and oxygen atoms in total. The quantitative estimate of drug-likeness (QED) is 0.668. The minimum Gasteiger partial charge on any atom is -0.504 e. The maximum absolute atomic E-state index is 12.3. The average molecular weight is 358 g/mol. The minimum atomic E-state index is -0.741. The van der Waals surface area contributed by atoms with E-state index in [0.717, 1.165) is 0 Å². The van der Waals surface area contributed by atoms with Crippen molar-refractivity contribution >= 4 is 34.4 Å². The first kappa shape index (κ1) is 16.8. The SMILES string of the molecule is COC(=O)/C(=C1/OC(=O)C(c2ccc(OC)cc2)=C1O)c1ccsc1. The van der Waals surface area contributed by atoms with E-state index < -0.39 is 17.7 Å². The van der Waals surface area contributed by atoms with E-state index in [1.807, 2.05) is 0 Å². The van der Waals surface area contributed by atoms with Crippen molar-refractivity contribution in [3.8, 4) is 5.75 Å². The molecule has 1 aromatic carbocycles. The van der Waals surface area contributed by atoms with E-state index in [1.54, 1.807) is 41.1 Å². The zero-order valence-corrected chi connectivity index (χ0v) is 14.3. The van der Waals surface area contributed by atoms with Crippen LogP contribution in [0.3, 0.4) is 0 Å². The van der Waals surface area contributed by atoms with Crippen LogP contribution in [0.4, 0.5) is 0 Å². The van der Waals surface area contributed by atoms with Gasteiger partial charge in [-0.1, -0.05) is 12.1 Å². The number of thiophene rings is 1. The zero-order chi connectivity index (χ0) is 18.0. The molecular weight excluding hydrogens is 344 g/mol. The molecule has 0 aliphatic carbocycles. The summed E-state index contributed by atoms with van der Waals surface area (Å²) in [7, 11) is 2.75. The summed E-state index contributed by atoms with van der Waals surface area (Å²) in [5.74, 6) is -1.44. The first-order valence-electron chi connectivity index (χ1n) is 7.22. The second-order valence-corrected chi connectivity index (χ2v) is 5.83. The van der Waals surface area contributed by atoms with Gasteiger partial charge in [-0.25, -0.2) is 9.59 Å². The summed E-state index contributed by atoms with van der Waals surface area (Å²) >= 11 is 1.36. The third kappa shape index (κ3) is 3.01. The van der Waals surface area contributed by atoms with Crippen LogP contribution in [0.25, 0.3) is 11.1 Å². The van der Waals surface area contributed by atoms with E-state index in [-0.39, 0.29) is 16.9 Å². The molecule has 0 amide bonds. The predicted molar refractivity (Wildman–Crippen MR) is 91.9 cm³/mol. The Morgan fingerprint density at radius 3 is 2.44 bits per heavy atom. The van der Waals surface area contributed by atoms with Crippen molar-refractivity contribution in [2.45, 2.75) is 0 Å². The maximum Gasteiger partial charge on any atom is 0.348 e. The standard InChI is InChI=1S/C18H14O6S/c1-22-12-5-3-10(4-6-12)13-15(19)16(24-18(13)21)14(17(20)23-2)11-7-8-25-9-11/h3-9,19H,1-2H3/b16-14+.